The number of hydrogen-bond acceptors (Lipinski definition) is 3. The van der Waals surface area contributed by atoms with Crippen LogP contribution in [0, 0.1) is 5.92 Å². The van der Waals surface area contributed by atoms with Crippen LogP contribution in [0.15, 0.2) is 0 Å². The molecule has 0 atom stereocenters. The van der Waals surface area contributed by atoms with Crippen LogP contribution in [0.25, 0.3) is 0 Å². The minimum Gasteiger partial charge on any atom is -0.314 e. The molecule has 0 rings (SSSR count). The lowest BCUT2D eigenvalue weighted by atomic mass is 10.3. The Morgan fingerprint density at radius 1 is 1.12 bits per heavy atom. The summed E-state index contributed by atoms with van der Waals surface area (Å²) >= 11 is 1.69. The summed E-state index contributed by atoms with van der Waals surface area (Å²) in [6.45, 7) is 17.4. The van der Waals surface area contributed by atoms with Crippen molar-refractivity contribution in [1.82, 2.24) is 5.32 Å². The Hall–Kier alpha value is -0.0200. The summed E-state index contributed by atoms with van der Waals surface area (Å²) in [7, 11) is 0. The molecule has 0 aromatic carbocycles. The summed E-state index contributed by atoms with van der Waals surface area (Å²) in [5.74, 6) is 2.77. The summed E-state index contributed by atoms with van der Waals surface area (Å²) in [6.07, 6.45) is 0. The number of nitrogens with one attached hydrogen (secondary N) is 1. The zero-order valence-electron chi connectivity index (χ0n) is 13.1. The largest absolute Gasteiger partial charge is 0.314 e. The number of thioether (sulfide) groups is 1. The van der Waals surface area contributed by atoms with Crippen LogP contribution in [0.4, 0.5) is 0 Å². The predicted molar refractivity (Wildman–Crippen MR) is 83.0 cm³/mol. The maximum absolute atomic E-state index is 10.5. The van der Waals surface area contributed by atoms with Gasteiger partial charge in [-0.2, -0.15) is 11.8 Å². The fourth-order valence-corrected chi connectivity index (χ4v) is 1.33. The van der Waals surface area contributed by atoms with Gasteiger partial charge in [0, 0.05) is 18.3 Å². The first-order valence-corrected chi connectivity index (χ1v) is 7.82. The molecule has 106 valence electrons. The molecule has 0 aliphatic carbocycles. The van der Waals surface area contributed by atoms with Crippen molar-refractivity contribution in [2.75, 3.05) is 18.1 Å². The van der Waals surface area contributed by atoms with Crippen molar-refractivity contribution in [3.8, 4) is 0 Å². The Balaban J connectivity index is -0.000000275. The van der Waals surface area contributed by atoms with Gasteiger partial charge < -0.3 is 5.32 Å². The van der Waals surface area contributed by atoms with Crippen molar-refractivity contribution >= 4 is 17.5 Å². The Morgan fingerprint density at radius 3 is 1.82 bits per heavy atom. The van der Waals surface area contributed by atoms with E-state index in [0.29, 0.717) is 11.8 Å². The number of rotatable bonds is 6. The molecule has 0 amide bonds. The average Bonchev–Trinajstić information content (AvgIpc) is 2.18. The second kappa shape index (κ2) is 18.3. The van der Waals surface area contributed by atoms with Crippen LogP contribution in [0.5, 0.6) is 0 Å². The highest BCUT2D eigenvalue weighted by molar-refractivity contribution is 7.99. The molecule has 17 heavy (non-hydrogen) atoms. The number of Topliss-reactive ketones (excluding diaryl/α,β-unsaturated/α-hetero) is 1. The predicted octanol–water partition coefficient (Wildman–Crippen LogP) is 4.00. The van der Waals surface area contributed by atoms with E-state index in [9.17, 15) is 4.79 Å². The molecule has 0 aromatic rings. The highest BCUT2D eigenvalue weighted by atomic mass is 32.2. The highest BCUT2D eigenvalue weighted by Gasteiger charge is 1.94. The van der Waals surface area contributed by atoms with Crippen molar-refractivity contribution in [2.24, 2.45) is 5.92 Å². The van der Waals surface area contributed by atoms with Gasteiger partial charge in [-0.25, -0.2) is 0 Å². The molecular weight excluding hydrogens is 230 g/mol. The van der Waals surface area contributed by atoms with Crippen molar-refractivity contribution < 1.29 is 4.79 Å². The van der Waals surface area contributed by atoms with Crippen molar-refractivity contribution in [1.29, 1.82) is 0 Å². The Kier molecular flexibility index (Phi) is 23.9. The van der Waals surface area contributed by atoms with E-state index in [2.05, 4.69) is 39.9 Å². The van der Waals surface area contributed by atoms with Crippen molar-refractivity contribution in [2.45, 2.75) is 61.4 Å². The Labute approximate surface area is 113 Å². The van der Waals surface area contributed by atoms with Crippen LogP contribution in [-0.2, 0) is 4.79 Å². The quantitative estimate of drug-likeness (QED) is 0.735. The van der Waals surface area contributed by atoms with Crippen LogP contribution in [-0.4, -0.2) is 29.9 Å². The lowest BCUT2D eigenvalue weighted by Gasteiger charge is -2.06. The fourth-order valence-electron chi connectivity index (χ4n) is 0.636. The summed E-state index contributed by atoms with van der Waals surface area (Å²) < 4.78 is 0. The van der Waals surface area contributed by atoms with E-state index in [0.717, 1.165) is 18.2 Å². The van der Waals surface area contributed by atoms with Gasteiger partial charge in [0.15, 0.2) is 0 Å². The van der Waals surface area contributed by atoms with Crippen LogP contribution in [0.1, 0.15) is 55.4 Å². The number of carbonyl (C=O) groups is 1. The third kappa shape index (κ3) is 49.0. The molecule has 0 saturated heterocycles. The maximum atomic E-state index is 10.5. The summed E-state index contributed by atoms with van der Waals surface area (Å²) in [5.41, 5.74) is 0. The van der Waals surface area contributed by atoms with E-state index in [4.69, 9.17) is 0 Å². The SMILES string of the molecule is CC.CC(=O)CSCCNC(C)C.CC(C)C. The third-order valence-electron chi connectivity index (χ3n) is 1.10. The van der Waals surface area contributed by atoms with E-state index in [1.165, 1.54) is 0 Å². The molecule has 0 heterocycles. The van der Waals surface area contributed by atoms with E-state index in [1.54, 1.807) is 18.7 Å². The molecule has 2 nitrogen and oxygen atoms in total. The lowest BCUT2D eigenvalue weighted by Crippen LogP contribution is -2.25. The third-order valence-corrected chi connectivity index (χ3v) is 2.21. The van der Waals surface area contributed by atoms with Gasteiger partial charge in [0.2, 0.25) is 0 Å². The van der Waals surface area contributed by atoms with E-state index in [-0.39, 0.29) is 5.78 Å². The van der Waals surface area contributed by atoms with Gasteiger partial charge in [-0.3, -0.25) is 4.79 Å². The molecular formula is C14H33NOS. The molecule has 0 aliphatic heterocycles. The van der Waals surface area contributed by atoms with Crippen LogP contribution >= 0.6 is 11.8 Å². The van der Waals surface area contributed by atoms with Crippen molar-refractivity contribution in [3.63, 3.8) is 0 Å². The van der Waals surface area contributed by atoms with Gasteiger partial charge in [-0.15, -0.1) is 0 Å². The topological polar surface area (TPSA) is 29.1 Å². The minimum absolute atomic E-state index is 0.263. The van der Waals surface area contributed by atoms with Crippen LogP contribution in [0.3, 0.4) is 0 Å². The van der Waals surface area contributed by atoms with Gasteiger partial charge in [0.25, 0.3) is 0 Å². The first-order valence-electron chi connectivity index (χ1n) is 6.66. The standard InChI is InChI=1S/C8H17NOS.C4H10.C2H6/c1-7(2)9-4-5-11-6-8(3)10;1-4(2)3;1-2/h7,9H,4-6H2,1-3H3;4H,1-3H3;1-2H3. The van der Waals surface area contributed by atoms with Crippen LogP contribution in [0.2, 0.25) is 0 Å². The van der Waals surface area contributed by atoms with E-state index in [1.807, 2.05) is 13.8 Å². The number of hydrogen-bond donors (Lipinski definition) is 1. The second-order valence-electron chi connectivity index (χ2n) is 4.60. The monoisotopic (exact) mass is 263 g/mol. The molecule has 0 spiro atoms. The van der Waals surface area contributed by atoms with Gasteiger partial charge in [0.05, 0.1) is 5.75 Å². The Morgan fingerprint density at radius 2 is 1.53 bits per heavy atom. The second-order valence-corrected chi connectivity index (χ2v) is 5.70. The molecule has 0 bridgehead atoms. The zero-order chi connectivity index (χ0) is 14.3. The zero-order valence-corrected chi connectivity index (χ0v) is 13.9. The molecule has 1 N–H and O–H groups in total. The number of ketones is 1. The lowest BCUT2D eigenvalue weighted by molar-refractivity contribution is -0.114. The van der Waals surface area contributed by atoms with Crippen molar-refractivity contribution in [3.05, 3.63) is 0 Å². The van der Waals surface area contributed by atoms with Gasteiger partial charge in [-0.05, 0) is 12.8 Å². The highest BCUT2D eigenvalue weighted by Crippen LogP contribution is 1.97. The van der Waals surface area contributed by atoms with E-state index < -0.39 is 0 Å². The summed E-state index contributed by atoms with van der Waals surface area (Å²) in [5, 5.41) is 3.29. The van der Waals surface area contributed by atoms with Gasteiger partial charge in [0.1, 0.15) is 5.78 Å². The first-order chi connectivity index (χ1) is 7.86. The first kappa shape index (κ1) is 22.2. The van der Waals surface area contributed by atoms with Gasteiger partial charge >= 0.3 is 0 Å². The Bertz CT molecular complexity index is 144. The molecule has 0 aromatic heterocycles. The average molecular weight is 263 g/mol. The fraction of sp³-hybridized carbons (Fsp3) is 0.929. The summed E-state index contributed by atoms with van der Waals surface area (Å²) in [4.78, 5) is 10.5. The van der Waals surface area contributed by atoms with Crippen LogP contribution < -0.4 is 5.32 Å². The summed E-state index contributed by atoms with van der Waals surface area (Å²) in [6, 6.07) is 0.549. The molecule has 0 saturated carbocycles. The van der Waals surface area contributed by atoms with Gasteiger partial charge in [-0.1, -0.05) is 48.5 Å². The maximum Gasteiger partial charge on any atom is 0.139 e. The molecule has 0 unspecified atom stereocenters. The normalized spacial score (nSPS) is 9.29. The molecule has 0 radical (unpaired) electrons. The molecule has 0 aliphatic rings. The smallest absolute Gasteiger partial charge is 0.139 e. The molecule has 3 heteroatoms. The minimum atomic E-state index is 0.263. The molecule has 0 fully saturated rings. The van der Waals surface area contributed by atoms with E-state index >= 15 is 0 Å². The number of carbonyl (C=O) groups excluding carboxylic acids is 1.